The van der Waals surface area contributed by atoms with Gasteiger partial charge < -0.3 is 5.73 Å². The molecule has 5 heteroatoms. The molecule has 0 bridgehead atoms. The van der Waals surface area contributed by atoms with Crippen LogP contribution in [0.25, 0.3) is 22.5 Å². The van der Waals surface area contributed by atoms with E-state index in [1.807, 2.05) is 37.3 Å². The lowest BCUT2D eigenvalue weighted by molar-refractivity contribution is 0.546. The minimum absolute atomic E-state index is 0.110. The van der Waals surface area contributed by atoms with E-state index >= 15 is 0 Å². The van der Waals surface area contributed by atoms with Crippen molar-refractivity contribution in [3.8, 4) is 22.5 Å². The Morgan fingerprint density at radius 1 is 1.00 bits per heavy atom. The number of anilines is 1. The molecular weight excluding hydrogens is 376 g/mol. The molecule has 0 aliphatic heterocycles. The molecule has 2 aromatic heterocycles. The Balaban J connectivity index is 2.16. The van der Waals surface area contributed by atoms with E-state index in [0.29, 0.717) is 0 Å². The Hall–Kier alpha value is -2.27. The zero-order chi connectivity index (χ0) is 18.2. The number of nitrogen functional groups attached to an aromatic ring is 1. The maximum atomic E-state index is 6.28. The van der Waals surface area contributed by atoms with Gasteiger partial charge in [0, 0.05) is 28.4 Å². The van der Waals surface area contributed by atoms with Crippen molar-refractivity contribution in [3.05, 3.63) is 58.6 Å². The summed E-state index contributed by atoms with van der Waals surface area (Å²) in [7, 11) is 0. The second-order valence-electron chi connectivity index (χ2n) is 7.10. The number of hydrogen-bond donors (Lipinski definition) is 1. The van der Waals surface area contributed by atoms with Gasteiger partial charge in [-0.15, -0.1) is 0 Å². The van der Waals surface area contributed by atoms with Crippen molar-refractivity contribution in [2.24, 2.45) is 0 Å². The quantitative estimate of drug-likeness (QED) is 0.479. The summed E-state index contributed by atoms with van der Waals surface area (Å²) in [6.07, 6.45) is 1.80. The molecule has 0 saturated carbocycles. The number of pyridine rings is 1. The van der Waals surface area contributed by atoms with Gasteiger partial charge in [0.1, 0.15) is 10.4 Å². The van der Waals surface area contributed by atoms with E-state index in [1.54, 1.807) is 6.20 Å². The molecule has 3 aromatic rings. The second-order valence-corrected chi connectivity index (χ2v) is 7.91. The van der Waals surface area contributed by atoms with Crippen molar-refractivity contribution in [2.45, 2.75) is 33.1 Å². The summed E-state index contributed by atoms with van der Waals surface area (Å²) in [5.74, 6) is 0.811. The van der Waals surface area contributed by atoms with Crippen LogP contribution in [0.1, 0.15) is 32.2 Å². The highest BCUT2D eigenvalue weighted by Gasteiger charge is 2.18. The summed E-state index contributed by atoms with van der Waals surface area (Å²) in [5.41, 5.74) is 11.6. The van der Waals surface area contributed by atoms with Gasteiger partial charge in [-0.25, -0.2) is 15.0 Å². The van der Waals surface area contributed by atoms with Gasteiger partial charge in [0.25, 0.3) is 0 Å². The molecule has 2 N–H and O–H groups in total. The number of nitrogens with zero attached hydrogens (tertiary/aromatic N) is 3. The van der Waals surface area contributed by atoms with Crippen LogP contribution >= 0.6 is 15.9 Å². The standard InChI is InChI=1S/C20H21BrN4/c1-12-14(17-6-5-7-18(21)24-17)10-13(11-15(12)22)16-8-9-23-19(25-16)20(2,3)4/h5-11H,22H2,1-4H3. The van der Waals surface area contributed by atoms with Crippen LogP contribution in [0.4, 0.5) is 5.69 Å². The molecule has 2 heterocycles. The molecule has 3 rings (SSSR count). The number of rotatable bonds is 2. The minimum Gasteiger partial charge on any atom is -0.398 e. The number of halogens is 1. The summed E-state index contributed by atoms with van der Waals surface area (Å²) in [6.45, 7) is 8.32. The first-order valence-corrected chi connectivity index (χ1v) is 8.92. The Morgan fingerprint density at radius 3 is 2.44 bits per heavy atom. The third-order valence-corrected chi connectivity index (χ3v) is 4.50. The van der Waals surface area contributed by atoms with Crippen LogP contribution in [-0.2, 0) is 5.41 Å². The van der Waals surface area contributed by atoms with Gasteiger partial charge in [-0.3, -0.25) is 0 Å². The van der Waals surface area contributed by atoms with Gasteiger partial charge in [-0.1, -0.05) is 26.8 Å². The van der Waals surface area contributed by atoms with Crippen LogP contribution < -0.4 is 5.73 Å². The molecule has 0 radical (unpaired) electrons. The number of benzene rings is 1. The zero-order valence-corrected chi connectivity index (χ0v) is 16.4. The van der Waals surface area contributed by atoms with E-state index in [4.69, 9.17) is 10.7 Å². The zero-order valence-electron chi connectivity index (χ0n) is 14.8. The van der Waals surface area contributed by atoms with Gasteiger partial charge >= 0.3 is 0 Å². The predicted molar refractivity (Wildman–Crippen MR) is 106 cm³/mol. The number of aromatic nitrogens is 3. The highest BCUT2D eigenvalue weighted by molar-refractivity contribution is 9.10. The first kappa shape index (κ1) is 17.5. The molecule has 0 fully saturated rings. The van der Waals surface area contributed by atoms with Crippen molar-refractivity contribution in [2.75, 3.05) is 5.73 Å². The van der Waals surface area contributed by atoms with Gasteiger partial charge in [-0.2, -0.15) is 0 Å². The molecule has 128 valence electrons. The average molecular weight is 397 g/mol. The van der Waals surface area contributed by atoms with Gasteiger partial charge in [0.2, 0.25) is 0 Å². The average Bonchev–Trinajstić information content (AvgIpc) is 2.56. The fourth-order valence-electron chi connectivity index (χ4n) is 2.59. The highest BCUT2D eigenvalue weighted by Crippen LogP contribution is 2.32. The summed E-state index contributed by atoms with van der Waals surface area (Å²) >= 11 is 3.43. The van der Waals surface area contributed by atoms with Crippen molar-refractivity contribution in [1.82, 2.24) is 15.0 Å². The lowest BCUT2D eigenvalue weighted by atomic mass is 9.95. The monoisotopic (exact) mass is 396 g/mol. The van der Waals surface area contributed by atoms with Crippen molar-refractivity contribution in [3.63, 3.8) is 0 Å². The maximum absolute atomic E-state index is 6.28. The van der Waals surface area contributed by atoms with E-state index in [2.05, 4.69) is 52.7 Å². The summed E-state index contributed by atoms with van der Waals surface area (Å²) in [4.78, 5) is 13.7. The molecule has 0 aliphatic carbocycles. The van der Waals surface area contributed by atoms with E-state index in [1.165, 1.54) is 0 Å². The highest BCUT2D eigenvalue weighted by atomic mass is 79.9. The summed E-state index contributed by atoms with van der Waals surface area (Å²) in [5, 5.41) is 0. The number of nitrogens with two attached hydrogens (primary N) is 1. The normalized spacial score (nSPS) is 11.6. The molecule has 1 aromatic carbocycles. The molecule has 0 amide bonds. The first-order chi connectivity index (χ1) is 11.8. The third kappa shape index (κ3) is 3.71. The first-order valence-electron chi connectivity index (χ1n) is 8.12. The predicted octanol–water partition coefficient (Wildman–Crippen LogP) is 5.16. The van der Waals surface area contributed by atoms with Crippen LogP contribution in [-0.4, -0.2) is 15.0 Å². The van der Waals surface area contributed by atoms with Crippen LogP contribution in [0, 0.1) is 6.92 Å². The Bertz CT molecular complexity index is 929. The lowest BCUT2D eigenvalue weighted by Crippen LogP contribution is -2.16. The van der Waals surface area contributed by atoms with Gasteiger partial charge in [-0.05, 0) is 58.7 Å². The maximum Gasteiger partial charge on any atom is 0.134 e. The fraction of sp³-hybridized carbons (Fsp3) is 0.250. The van der Waals surface area contributed by atoms with Crippen LogP contribution in [0.5, 0.6) is 0 Å². The third-order valence-electron chi connectivity index (χ3n) is 4.06. The lowest BCUT2D eigenvalue weighted by Gasteiger charge is -2.17. The fourth-order valence-corrected chi connectivity index (χ4v) is 2.93. The SMILES string of the molecule is Cc1c(N)cc(-c2ccnc(C(C)(C)C)n2)cc1-c1cccc(Br)n1. The van der Waals surface area contributed by atoms with Crippen LogP contribution in [0.15, 0.2) is 47.2 Å². The van der Waals surface area contributed by atoms with Gasteiger partial charge in [0.05, 0.1) is 11.4 Å². The minimum atomic E-state index is -0.110. The van der Waals surface area contributed by atoms with Crippen molar-refractivity contribution in [1.29, 1.82) is 0 Å². The Morgan fingerprint density at radius 2 is 1.76 bits per heavy atom. The molecule has 0 spiro atoms. The van der Waals surface area contributed by atoms with E-state index in [0.717, 1.165) is 44.2 Å². The van der Waals surface area contributed by atoms with Crippen molar-refractivity contribution < 1.29 is 0 Å². The van der Waals surface area contributed by atoms with Crippen molar-refractivity contribution >= 4 is 21.6 Å². The Labute approximate surface area is 156 Å². The number of hydrogen-bond acceptors (Lipinski definition) is 4. The molecule has 4 nitrogen and oxygen atoms in total. The van der Waals surface area contributed by atoms with E-state index < -0.39 is 0 Å². The molecule has 0 unspecified atom stereocenters. The molecular formula is C20H21BrN4. The smallest absolute Gasteiger partial charge is 0.134 e. The van der Waals surface area contributed by atoms with Crippen LogP contribution in [0.2, 0.25) is 0 Å². The van der Waals surface area contributed by atoms with Crippen LogP contribution in [0.3, 0.4) is 0 Å². The topological polar surface area (TPSA) is 64.7 Å². The van der Waals surface area contributed by atoms with Gasteiger partial charge in [0.15, 0.2) is 0 Å². The largest absolute Gasteiger partial charge is 0.398 e. The molecule has 0 atom stereocenters. The molecule has 0 aliphatic rings. The Kier molecular flexibility index (Phi) is 4.60. The van der Waals surface area contributed by atoms with E-state index in [-0.39, 0.29) is 5.41 Å². The second kappa shape index (κ2) is 6.56. The molecule has 25 heavy (non-hydrogen) atoms. The van der Waals surface area contributed by atoms with E-state index in [9.17, 15) is 0 Å². The summed E-state index contributed by atoms with van der Waals surface area (Å²) in [6, 6.07) is 11.8. The molecule has 0 saturated heterocycles. The summed E-state index contributed by atoms with van der Waals surface area (Å²) < 4.78 is 0.797.